The lowest BCUT2D eigenvalue weighted by Crippen LogP contribution is -2.10. The summed E-state index contributed by atoms with van der Waals surface area (Å²) in [6.07, 6.45) is -2.47. The van der Waals surface area contributed by atoms with Crippen LogP contribution in [0.2, 0.25) is 0 Å². The number of carbonyl (C=O) groups is 1. The molecule has 3 nitrogen and oxygen atoms in total. The summed E-state index contributed by atoms with van der Waals surface area (Å²) < 4.78 is 25.1. The van der Waals surface area contributed by atoms with Crippen molar-refractivity contribution in [1.82, 2.24) is 0 Å². The summed E-state index contributed by atoms with van der Waals surface area (Å²) in [5.74, 6) is -0.485. The number of amides is 1. The molecule has 0 aromatic heterocycles. The summed E-state index contributed by atoms with van der Waals surface area (Å²) >= 11 is 0. The first-order chi connectivity index (χ1) is 9.56. The molecule has 0 atom stereocenters. The van der Waals surface area contributed by atoms with E-state index in [1.54, 1.807) is 36.4 Å². The topological polar surface area (TPSA) is 55.1 Å². The standard InChI is InChI=1S/C15H14F2N2O/c16-14(17)12-3-1-2-10(8-12)9-19-13-6-4-11(5-7-13)15(18)20/h1-8,14,19H,9H2,(H2,18,20). The fourth-order valence-electron chi connectivity index (χ4n) is 1.80. The van der Waals surface area contributed by atoms with Gasteiger partial charge in [0.05, 0.1) is 0 Å². The van der Waals surface area contributed by atoms with E-state index in [2.05, 4.69) is 5.32 Å². The maximum Gasteiger partial charge on any atom is 0.263 e. The molecule has 2 aromatic carbocycles. The third-order valence-electron chi connectivity index (χ3n) is 2.87. The van der Waals surface area contributed by atoms with Gasteiger partial charge in [0.15, 0.2) is 0 Å². The van der Waals surface area contributed by atoms with Crippen molar-refractivity contribution in [3.63, 3.8) is 0 Å². The van der Waals surface area contributed by atoms with Crippen molar-refractivity contribution in [2.75, 3.05) is 5.32 Å². The summed E-state index contributed by atoms with van der Waals surface area (Å²) in [6.45, 7) is 0.427. The normalized spacial score (nSPS) is 10.6. The number of nitrogens with one attached hydrogen (secondary N) is 1. The first kappa shape index (κ1) is 14.0. The molecule has 20 heavy (non-hydrogen) atoms. The summed E-state index contributed by atoms with van der Waals surface area (Å²) in [4.78, 5) is 10.9. The first-order valence-electron chi connectivity index (χ1n) is 6.07. The van der Waals surface area contributed by atoms with Crippen LogP contribution in [-0.4, -0.2) is 5.91 Å². The van der Waals surface area contributed by atoms with Crippen LogP contribution in [0.5, 0.6) is 0 Å². The molecule has 0 unspecified atom stereocenters. The van der Waals surface area contributed by atoms with Crippen LogP contribution in [0.15, 0.2) is 48.5 Å². The smallest absolute Gasteiger partial charge is 0.263 e. The predicted octanol–water partition coefficient (Wildman–Crippen LogP) is 3.34. The Labute approximate surface area is 115 Å². The molecule has 2 rings (SSSR count). The average Bonchev–Trinajstić information content (AvgIpc) is 2.46. The first-order valence-corrected chi connectivity index (χ1v) is 6.07. The number of benzene rings is 2. The number of halogens is 2. The SMILES string of the molecule is NC(=O)c1ccc(NCc2cccc(C(F)F)c2)cc1. The van der Waals surface area contributed by atoms with Crippen molar-refractivity contribution in [3.05, 3.63) is 65.2 Å². The monoisotopic (exact) mass is 276 g/mol. The van der Waals surface area contributed by atoms with Crippen molar-refractivity contribution in [2.45, 2.75) is 13.0 Å². The molecule has 0 aliphatic carbocycles. The Morgan fingerprint density at radius 2 is 1.85 bits per heavy atom. The zero-order chi connectivity index (χ0) is 14.5. The number of carbonyl (C=O) groups excluding carboxylic acids is 1. The second-order valence-corrected chi connectivity index (χ2v) is 4.34. The van der Waals surface area contributed by atoms with Crippen molar-refractivity contribution >= 4 is 11.6 Å². The molecule has 2 aromatic rings. The van der Waals surface area contributed by atoms with Gasteiger partial charge in [-0.15, -0.1) is 0 Å². The summed E-state index contributed by atoms with van der Waals surface area (Å²) in [5.41, 5.74) is 7.13. The number of hydrogen-bond donors (Lipinski definition) is 2. The van der Waals surface area contributed by atoms with Crippen LogP contribution in [0.1, 0.15) is 27.9 Å². The molecule has 0 spiro atoms. The van der Waals surface area contributed by atoms with Gasteiger partial charge < -0.3 is 11.1 Å². The van der Waals surface area contributed by atoms with Gasteiger partial charge in [-0.05, 0) is 35.9 Å². The van der Waals surface area contributed by atoms with Gasteiger partial charge in [-0.2, -0.15) is 0 Å². The largest absolute Gasteiger partial charge is 0.381 e. The average molecular weight is 276 g/mol. The Balaban J connectivity index is 2.01. The Kier molecular flexibility index (Phi) is 4.30. The zero-order valence-electron chi connectivity index (χ0n) is 10.6. The van der Waals surface area contributed by atoms with Crippen LogP contribution >= 0.6 is 0 Å². The lowest BCUT2D eigenvalue weighted by Gasteiger charge is -2.08. The Morgan fingerprint density at radius 3 is 2.45 bits per heavy atom. The zero-order valence-corrected chi connectivity index (χ0v) is 10.6. The fourth-order valence-corrected chi connectivity index (χ4v) is 1.80. The maximum absolute atomic E-state index is 12.6. The van der Waals surface area contributed by atoms with Crippen LogP contribution in [0.25, 0.3) is 0 Å². The minimum atomic E-state index is -2.47. The van der Waals surface area contributed by atoms with E-state index in [0.29, 0.717) is 12.1 Å². The number of nitrogens with two attached hydrogens (primary N) is 1. The van der Waals surface area contributed by atoms with E-state index in [4.69, 9.17) is 5.73 Å². The highest BCUT2D eigenvalue weighted by atomic mass is 19.3. The number of anilines is 1. The highest BCUT2D eigenvalue weighted by Gasteiger charge is 2.06. The Hall–Kier alpha value is -2.43. The van der Waals surface area contributed by atoms with Gasteiger partial charge >= 0.3 is 0 Å². The highest BCUT2D eigenvalue weighted by molar-refractivity contribution is 5.93. The molecular weight excluding hydrogens is 262 g/mol. The van der Waals surface area contributed by atoms with E-state index in [1.165, 1.54) is 12.1 Å². The van der Waals surface area contributed by atoms with Gasteiger partial charge in [0, 0.05) is 23.4 Å². The van der Waals surface area contributed by atoms with Crippen LogP contribution < -0.4 is 11.1 Å². The third kappa shape index (κ3) is 3.54. The maximum atomic E-state index is 12.6. The van der Waals surface area contributed by atoms with Crippen LogP contribution in [-0.2, 0) is 6.54 Å². The lowest BCUT2D eigenvalue weighted by atomic mass is 10.1. The second-order valence-electron chi connectivity index (χ2n) is 4.34. The van der Waals surface area contributed by atoms with E-state index in [0.717, 1.165) is 11.3 Å². The fraction of sp³-hybridized carbons (Fsp3) is 0.133. The molecule has 3 N–H and O–H groups in total. The quantitative estimate of drug-likeness (QED) is 0.880. The van der Waals surface area contributed by atoms with E-state index in [-0.39, 0.29) is 5.56 Å². The summed E-state index contributed by atoms with van der Waals surface area (Å²) in [7, 11) is 0. The van der Waals surface area contributed by atoms with Crippen molar-refractivity contribution in [2.24, 2.45) is 5.73 Å². The van der Waals surface area contributed by atoms with E-state index < -0.39 is 12.3 Å². The lowest BCUT2D eigenvalue weighted by molar-refractivity contribution is 0.100. The van der Waals surface area contributed by atoms with Crippen molar-refractivity contribution in [3.8, 4) is 0 Å². The molecule has 0 aliphatic heterocycles. The van der Waals surface area contributed by atoms with E-state index in [1.807, 2.05) is 0 Å². The second kappa shape index (κ2) is 6.14. The predicted molar refractivity (Wildman–Crippen MR) is 73.7 cm³/mol. The molecule has 0 saturated heterocycles. The van der Waals surface area contributed by atoms with Gasteiger partial charge in [-0.1, -0.05) is 18.2 Å². The van der Waals surface area contributed by atoms with Crippen LogP contribution in [0, 0.1) is 0 Å². The van der Waals surface area contributed by atoms with Crippen LogP contribution in [0.4, 0.5) is 14.5 Å². The minimum absolute atomic E-state index is 0.00776. The highest BCUT2D eigenvalue weighted by Crippen LogP contribution is 2.20. The third-order valence-corrected chi connectivity index (χ3v) is 2.87. The molecule has 0 bridgehead atoms. The van der Waals surface area contributed by atoms with Gasteiger partial charge in [-0.3, -0.25) is 4.79 Å². The molecule has 1 amide bonds. The minimum Gasteiger partial charge on any atom is -0.381 e. The van der Waals surface area contributed by atoms with Crippen LogP contribution in [0.3, 0.4) is 0 Å². The van der Waals surface area contributed by atoms with Gasteiger partial charge in [-0.25, -0.2) is 8.78 Å². The number of hydrogen-bond acceptors (Lipinski definition) is 2. The summed E-state index contributed by atoms with van der Waals surface area (Å²) in [5, 5.41) is 3.10. The Morgan fingerprint density at radius 1 is 1.15 bits per heavy atom. The molecule has 104 valence electrons. The molecule has 0 saturated carbocycles. The number of rotatable bonds is 5. The van der Waals surface area contributed by atoms with Gasteiger partial charge in [0.25, 0.3) is 6.43 Å². The summed E-state index contributed by atoms with van der Waals surface area (Å²) in [6, 6.07) is 12.9. The van der Waals surface area contributed by atoms with E-state index in [9.17, 15) is 13.6 Å². The molecule has 0 radical (unpaired) electrons. The number of primary amides is 1. The molecule has 0 fully saturated rings. The van der Waals surface area contributed by atoms with E-state index >= 15 is 0 Å². The molecular formula is C15H14F2N2O. The van der Waals surface area contributed by atoms with Gasteiger partial charge in [0.1, 0.15) is 0 Å². The van der Waals surface area contributed by atoms with Crippen molar-refractivity contribution < 1.29 is 13.6 Å². The molecule has 5 heteroatoms. The Bertz CT molecular complexity index is 597. The number of alkyl halides is 2. The molecule has 0 heterocycles. The molecule has 0 aliphatic rings. The van der Waals surface area contributed by atoms with Gasteiger partial charge in [0.2, 0.25) is 5.91 Å². The van der Waals surface area contributed by atoms with Crippen molar-refractivity contribution in [1.29, 1.82) is 0 Å².